The summed E-state index contributed by atoms with van der Waals surface area (Å²) in [5.41, 5.74) is 2.19. The van der Waals surface area contributed by atoms with Crippen LogP contribution in [0, 0.1) is 5.92 Å². The molecule has 0 radical (unpaired) electrons. The van der Waals surface area contributed by atoms with Crippen molar-refractivity contribution in [1.82, 2.24) is 5.32 Å². The minimum Gasteiger partial charge on any atom is -0.469 e. The lowest BCUT2D eigenvalue weighted by molar-refractivity contribution is -0.149. The van der Waals surface area contributed by atoms with Crippen molar-refractivity contribution < 1.29 is 14.0 Å². The number of carbonyl (C=O) groups excluding carboxylic acids is 1. The summed E-state index contributed by atoms with van der Waals surface area (Å²) in [6, 6.07) is 20.2. The van der Waals surface area contributed by atoms with Gasteiger partial charge in [-0.1, -0.05) is 81.4 Å². The second kappa shape index (κ2) is 10.2. The fourth-order valence-corrected chi connectivity index (χ4v) is 4.24. The first kappa shape index (κ1) is 23.3. The number of nitrogens with one attached hydrogen (secondary N) is 1. The Hall–Kier alpha value is -1.95. The van der Waals surface area contributed by atoms with Crippen molar-refractivity contribution in [3.05, 3.63) is 71.8 Å². The summed E-state index contributed by atoms with van der Waals surface area (Å²) in [6.45, 7) is 12.2. The van der Waals surface area contributed by atoms with E-state index in [4.69, 9.17) is 9.16 Å². The monoisotopic (exact) mass is 413 g/mol. The zero-order chi connectivity index (χ0) is 21.5. The second-order valence-electron chi connectivity index (χ2n) is 8.96. The quantitative estimate of drug-likeness (QED) is 0.446. The van der Waals surface area contributed by atoms with Gasteiger partial charge in [0.05, 0.1) is 19.1 Å². The van der Waals surface area contributed by atoms with Crippen molar-refractivity contribution in [1.29, 1.82) is 0 Å². The zero-order valence-electron chi connectivity index (χ0n) is 18.6. The van der Waals surface area contributed by atoms with E-state index < -0.39 is 14.2 Å². The average molecular weight is 414 g/mol. The van der Waals surface area contributed by atoms with Gasteiger partial charge in [-0.05, 0) is 29.3 Å². The van der Waals surface area contributed by atoms with Crippen LogP contribution >= 0.6 is 0 Å². The van der Waals surface area contributed by atoms with E-state index in [2.05, 4.69) is 51.3 Å². The molecule has 1 N–H and O–H groups in total. The van der Waals surface area contributed by atoms with E-state index in [1.807, 2.05) is 48.5 Å². The first-order chi connectivity index (χ1) is 13.7. The molecule has 0 unspecified atom stereocenters. The Labute approximate surface area is 176 Å². The van der Waals surface area contributed by atoms with Crippen molar-refractivity contribution in [2.45, 2.75) is 51.6 Å². The highest BCUT2D eigenvalue weighted by atomic mass is 28.4. The third kappa shape index (κ3) is 6.52. The first-order valence-electron chi connectivity index (χ1n) is 10.2. The standard InChI is InChI=1S/C24H35NO3Si/c1-24(2,3)29(5,6)28-22(20-15-11-8-12-16-20)21(23(26)27-4)18-25-17-19-13-9-7-10-14-19/h7-16,21-22,25H,17-18H2,1-6H3/t21-,22-/m1/s1. The summed E-state index contributed by atoms with van der Waals surface area (Å²) >= 11 is 0. The molecule has 2 aromatic carbocycles. The molecule has 5 heteroatoms. The SMILES string of the molecule is COC(=O)[C@H](CNCc1ccccc1)[C@H](O[Si](C)(C)C(C)(C)C)c1ccccc1. The predicted molar refractivity (Wildman–Crippen MR) is 121 cm³/mol. The Kier molecular flexibility index (Phi) is 8.20. The summed E-state index contributed by atoms with van der Waals surface area (Å²) in [5, 5.41) is 3.47. The van der Waals surface area contributed by atoms with Gasteiger partial charge in [0.2, 0.25) is 0 Å². The molecule has 0 saturated heterocycles. The highest BCUT2D eigenvalue weighted by molar-refractivity contribution is 6.74. The van der Waals surface area contributed by atoms with Gasteiger partial charge in [-0.25, -0.2) is 0 Å². The fourth-order valence-electron chi connectivity index (χ4n) is 2.95. The van der Waals surface area contributed by atoms with E-state index in [0.717, 1.165) is 5.56 Å². The molecule has 0 aromatic heterocycles. The van der Waals surface area contributed by atoms with Gasteiger partial charge in [0.15, 0.2) is 8.32 Å². The normalized spacial score (nSPS) is 14.3. The molecule has 0 spiro atoms. The minimum absolute atomic E-state index is 0.0398. The van der Waals surface area contributed by atoms with Gasteiger partial charge in [-0.15, -0.1) is 0 Å². The molecule has 0 saturated carbocycles. The number of methoxy groups -OCH3 is 1. The largest absolute Gasteiger partial charge is 0.469 e. The molecule has 0 heterocycles. The molecule has 0 bridgehead atoms. The average Bonchev–Trinajstić information content (AvgIpc) is 2.70. The van der Waals surface area contributed by atoms with Gasteiger partial charge >= 0.3 is 5.97 Å². The van der Waals surface area contributed by atoms with Gasteiger partial charge in [-0.2, -0.15) is 0 Å². The van der Waals surface area contributed by atoms with Crippen molar-refractivity contribution in [3.8, 4) is 0 Å². The molecule has 0 aliphatic carbocycles. The van der Waals surface area contributed by atoms with Crippen molar-refractivity contribution in [3.63, 3.8) is 0 Å². The molecule has 2 atom stereocenters. The van der Waals surface area contributed by atoms with Crippen molar-refractivity contribution in [2.75, 3.05) is 13.7 Å². The van der Waals surface area contributed by atoms with E-state index in [1.54, 1.807) is 0 Å². The van der Waals surface area contributed by atoms with Crippen LogP contribution in [0.4, 0.5) is 0 Å². The summed E-state index contributed by atoms with van der Waals surface area (Å²) < 4.78 is 11.9. The molecule has 4 nitrogen and oxygen atoms in total. The van der Waals surface area contributed by atoms with E-state index in [1.165, 1.54) is 12.7 Å². The van der Waals surface area contributed by atoms with E-state index in [0.29, 0.717) is 13.1 Å². The van der Waals surface area contributed by atoms with Gasteiger partial charge in [-0.3, -0.25) is 4.79 Å². The van der Waals surface area contributed by atoms with Crippen LogP contribution in [-0.4, -0.2) is 27.9 Å². The zero-order valence-corrected chi connectivity index (χ0v) is 19.6. The highest BCUT2D eigenvalue weighted by Gasteiger charge is 2.42. The lowest BCUT2D eigenvalue weighted by Crippen LogP contribution is -2.45. The van der Waals surface area contributed by atoms with Crippen LogP contribution in [0.25, 0.3) is 0 Å². The topological polar surface area (TPSA) is 47.6 Å². The third-order valence-electron chi connectivity index (χ3n) is 5.76. The van der Waals surface area contributed by atoms with Crippen molar-refractivity contribution in [2.24, 2.45) is 5.92 Å². The lowest BCUT2D eigenvalue weighted by Gasteiger charge is -2.41. The van der Waals surface area contributed by atoms with Crippen LogP contribution in [0.3, 0.4) is 0 Å². The number of esters is 1. The molecular weight excluding hydrogens is 378 g/mol. The summed E-state index contributed by atoms with van der Waals surface area (Å²) in [5.74, 6) is -0.682. The second-order valence-corrected chi connectivity index (χ2v) is 13.7. The molecule has 158 valence electrons. The van der Waals surface area contributed by atoms with E-state index in [-0.39, 0.29) is 17.1 Å². The Morgan fingerprint density at radius 1 is 1.00 bits per heavy atom. The number of hydrogen-bond acceptors (Lipinski definition) is 4. The lowest BCUT2D eigenvalue weighted by atomic mass is 9.95. The molecule has 0 amide bonds. The maximum Gasteiger partial charge on any atom is 0.312 e. The molecule has 0 fully saturated rings. The number of ether oxygens (including phenoxy) is 1. The first-order valence-corrected chi connectivity index (χ1v) is 13.1. The molecule has 0 aliphatic rings. The van der Waals surface area contributed by atoms with Crippen LogP contribution < -0.4 is 5.32 Å². The minimum atomic E-state index is -2.11. The Morgan fingerprint density at radius 3 is 2.07 bits per heavy atom. The van der Waals surface area contributed by atoms with Gasteiger partial charge < -0.3 is 14.5 Å². The van der Waals surface area contributed by atoms with Gasteiger partial charge in [0.25, 0.3) is 0 Å². The molecular formula is C24H35NO3Si. The maximum absolute atomic E-state index is 12.8. The summed E-state index contributed by atoms with van der Waals surface area (Å²) in [7, 11) is -0.666. The number of hydrogen-bond donors (Lipinski definition) is 1. The summed E-state index contributed by atoms with van der Waals surface area (Å²) in [6.07, 6.45) is -0.354. The number of benzene rings is 2. The van der Waals surface area contributed by atoms with Crippen molar-refractivity contribution >= 4 is 14.3 Å². The smallest absolute Gasteiger partial charge is 0.312 e. The van der Waals surface area contributed by atoms with Gasteiger partial charge in [0.1, 0.15) is 0 Å². The van der Waals surface area contributed by atoms with Crippen LogP contribution in [0.1, 0.15) is 38.0 Å². The third-order valence-corrected chi connectivity index (χ3v) is 10.2. The predicted octanol–water partition coefficient (Wildman–Crippen LogP) is 5.33. The number of rotatable bonds is 9. The van der Waals surface area contributed by atoms with Crippen LogP contribution in [0.2, 0.25) is 18.1 Å². The summed E-state index contributed by atoms with van der Waals surface area (Å²) in [4.78, 5) is 12.8. The molecule has 2 rings (SSSR count). The van der Waals surface area contributed by atoms with E-state index in [9.17, 15) is 4.79 Å². The van der Waals surface area contributed by atoms with Gasteiger partial charge in [0, 0.05) is 13.1 Å². The maximum atomic E-state index is 12.8. The number of carbonyl (C=O) groups is 1. The fraction of sp³-hybridized carbons (Fsp3) is 0.458. The molecule has 29 heavy (non-hydrogen) atoms. The Balaban J connectivity index is 2.27. The Bertz CT molecular complexity index is 757. The highest BCUT2D eigenvalue weighted by Crippen LogP contribution is 2.41. The van der Waals surface area contributed by atoms with E-state index >= 15 is 0 Å². The molecule has 2 aromatic rings. The van der Waals surface area contributed by atoms with Crippen LogP contribution in [0.5, 0.6) is 0 Å². The van der Waals surface area contributed by atoms with Crippen LogP contribution in [0.15, 0.2) is 60.7 Å². The van der Waals surface area contributed by atoms with Crippen LogP contribution in [-0.2, 0) is 20.5 Å². The molecule has 0 aliphatic heterocycles. The Morgan fingerprint density at radius 2 is 1.55 bits per heavy atom.